The van der Waals surface area contributed by atoms with Crippen LogP contribution in [0.4, 0.5) is 10.5 Å². The molecule has 130 valence electrons. The third-order valence-electron chi connectivity index (χ3n) is 4.59. The molecule has 0 radical (unpaired) electrons. The van der Waals surface area contributed by atoms with Crippen molar-refractivity contribution in [1.82, 2.24) is 4.90 Å². The van der Waals surface area contributed by atoms with Crippen LogP contribution in [0, 0.1) is 13.8 Å². The molecule has 0 saturated carbocycles. The van der Waals surface area contributed by atoms with E-state index >= 15 is 0 Å². The van der Waals surface area contributed by atoms with Crippen LogP contribution in [0.1, 0.15) is 39.4 Å². The second-order valence-corrected chi connectivity index (χ2v) is 6.73. The molecule has 1 aliphatic heterocycles. The SMILES string of the molecule is Cc1cc(C)cc(C2CCN(C(=O)Nc3cccc(C(N)=O)c3)C2)c1. The zero-order chi connectivity index (χ0) is 18.0. The molecule has 1 atom stereocenters. The summed E-state index contributed by atoms with van der Waals surface area (Å²) in [5.41, 5.74) is 10.0. The van der Waals surface area contributed by atoms with Crippen molar-refractivity contribution in [3.05, 3.63) is 64.7 Å². The molecular formula is C20H23N3O2. The van der Waals surface area contributed by atoms with E-state index in [9.17, 15) is 9.59 Å². The fourth-order valence-electron chi connectivity index (χ4n) is 3.42. The van der Waals surface area contributed by atoms with Crippen molar-refractivity contribution in [1.29, 1.82) is 0 Å². The van der Waals surface area contributed by atoms with E-state index in [0.717, 1.165) is 13.0 Å². The van der Waals surface area contributed by atoms with Gasteiger partial charge in [0.2, 0.25) is 5.91 Å². The topological polar surface area (TPSA) is 75.4 Å². The Bertz CT molecular complexity index is 796. The van der Waals surface area contributed by atoms with Gasteiger partial charge in [0.25, 0.3) is 0 Å². The van der Waals surface area contributed by atoms with E-state index in [1.807, 2.05) is 4.90 Å². The Morgan fingerprint density at radius 3 is 2.52 bits per heavy atom. The summed E-state index contributed by atoms with van der Waals surface area (Å²) in [7, 11) is 0. The van der Waals surface area contributed by atoms with Crippen molar-refractivity contribution < 1.29 is 9.59 Å². The van der Waals surface area contributed by atoms with Crippen LogP contribution in [0.5, 0.6) is 0 Å². The molecule has 3 amide bonds. The van der Waals surface area contributed by atoms with Gasteiger partial charge in [0.05, 0.1) is 0 Å². The lowest BCUT2D eigenvalue weighted by atomic mass is 9.95. The highest BCUT2D eigenvalue weighted by Gasteiger charge is 2.27. The number of hydrogen-bond donors (Lipinski definition) is 2. The highest BCUT2D eigenvalue weighted by Crippen LogP contribution is 2.29. The van der Waals surface area contributed by atoms with Crippen molar-refractivity contribution in [2.45, 2.75) is 26.2 Å². The van der Waals surface area contributed by atoms with E-state index in [0.29, 0.717) is 23.7 Å². The first-order chi connectivity index (χ1) is 11.9. The Balaban J connectivity index is 1.66. The smallest absolute Gasteiger partial charge is 0.321 e. The minimum Gasteiger partial charge on any atom is -0.366 e. The van der Waals surface area contributed by atoms with Gasteiger partial charge in [-0.15, -0.1) is 0 Å². The maximum Gasteiger partial charge on any atom is 0.321 e. The molecule has 1 fully saturated rings. The van der Waals surface area contributed by atoms with Gasteiger partial charge < -0.3 is 16.0 Å². The van der Waals surface area contributed by atoms with E-state index in [1.54, 1.807) is 24.3 Å². The van der Waals surface area contributed by atoms with Gasteiger partial charge in [-0.25, -0.2) is 4.79 Å². The molecule has 5 nitrogen and oxygen atoms in total. The molecule has 0 spiro atoms. The van der Waals surface area contributed by atoms with Crippen LogP contribution in [0.3, 0.4) is 0 Å². The van der Waals surface area contributed by atoms with Crippen molar-refractivity contribution in [3.8, 4) is 0 Å². The number of carbonyl (C=O) groups excluding carboxylic acids is 2. The van der Waals surface area contributed by atoms with Crippen LogP contribution < -0.4 is 11.1 Å². The largest absolute Gasteiger partial charge is 0.366 e. The molecule has 2 aromatic carbocycles. The number of nitrogens with one attached hydrogen (secondary N) is 1. The summed E-state index contributed by atoms with van der Waals surface area (Å²) in [6.07, 6.45) is 0.956. The number of urea groups is 1. The Hall–Kier alpha value is -2.82. The predicted molar refractivity (Wildman–Crippen MR) is 98.8 cm³/mol. The van der Waals surface area contributed by atoms with Gasteiger partial charge in [-0.1, -0.05) is 35.4 Å². The highest BCUT2D eigenvalue weighted by atomic mass is 16.2. The Labute approximate surface area is 147 Å². The molecule has 0 aromatic heterocycles. The van der Waals surface area contributed by atoms with Crippen LogP contribution in [0.25, 0.3) is 0 Å². The van der Waals surface area contributed by atoms with Crippen molar-refractivity contribution in [2.24, 2.45) is 5.73 Å². The molecule has 1 heterocycles. The Kier molecular flexibility index (Phi) is 4.74. The summed E-state index contributed by atoms with van der Waals surface area (Å²) in [4.78, 5) is 25.6. The van der Waals surface area contributed by atoms with Crippen LogP contribution in [0.2, 0.25) is 0 Å². The van der Waals surface area contributed by atoms with Gasteiger partial charge in [0.15, 0.2) is 0 Å². The second-order valence-electron chi connectivity index (χ2n) is 6.73. The predicted octanol–water partition coefficient (Wildman–Crippen LogP) is 3.42. The van der Waals surface area contributed by atoms with E-state index in [2.05, 4.69) is 37.4 Å². The molecular weight excluding hydrogens is 314 g/mol. The number of hydrogen-bond acceptors (Lipinski definition) is 2. The zero-order valence-corrected chi connectivity index (χ0v) is 14.6. The van der Waals surface area contributed by atoms with Crippen LogP contribution >= 0.6 is 0 Å². The Morgan fingerprint density at radius 1 is 1.12 bits per heavy atom. The van der Waals surface area contributed by atoms with Gasteiger partial charge in [-0.2, -0.15) is 0 Å². The number of nitrogens with zero attached hydrogens (tertiary/aromatic N) is 1. The quantitative estimate of drug-likeness (QED) is 0.900. The second kappa shape index (κ2) is 6.97. The maximum atomic E-state index is 12.5. The summed E-state index contributed by atoms with van der Waals surface area (Å²) in [6, 6.07) is 13.1. The first-order valence-electron chi connectivity index (χ1n) is 8.46. The molecule has 2 aromatic rings. The molecule has 0 aliphatic carbocycles. The summed E-state index contributed by atoms with van der Waals surface area (Å²) in [5, 5.41) is 2.85. The molecule has 1 saturated heterocycles. The average Bonchev–Trinajstić information content (AvgIpc) is 3.04. The van der Waals surface area contributed by atoms with Crippen molar-refractivity contribution >= 4 is 17.6 Å². The van der Waals surface area contributed by atoms with E-state index in [-0.39, 0.29) is 6.03 Å². The molecule has 3 rings (SSSR count). The molecule has 3 N–H and O–H groups in total. The molecule has 1 aliphatic rings. The number of nitrogens with two attached hydrogens (primary N) is 1. The lowest BCUT2D eigenvalue weighted by Gasteiger charge is -2.18. The number of anilines is 1. The van der Waals surface area contributed by atoms with Gasteiger partial charge >= 0.3 is 6.03 Å². The maximum absolute atomic E-state index is 12.5. The Morgan fingerprint density at radius 2 is 1.84 bits per heavy atom. The molecule has 25 heavy (non-hydrogen) atoms. The fourth-order valence-corrected chi connectivity index (χ4v) is 3.42. The van der Waals surface area contributed by atoms with Crippen LogP contribution in [-0.2, 0) is 0 Å². The van der Waals surface area contributed by atoms with Crippen molar-refractivity contribution in [2.75, 3.05) is 18.4 Å². The monoisotopic (exact) mass is 337 g/mol. The number of aryl methyl sites for hydroxylation is 2. The molecule has 5 heteroatoms. The summed E-state index contributed by atoms with van der Waals surface area (Å²) >= 11 is 0. The van der Waals surface area contributed by atoms with E-state index in [4.69, 9.17) is 5.73 Å². The average molecular weight is 337 g/mol. The normalized spacial score (nSPS) is 16.7. The number of primary amides is 1. The zero-order valence-electron chi connectivity index (χ0n) is 14.6. The number of benzene rings is 2. The van der Waals surface area contributed by atoms with Crippen molar-refractivity contribution in [3.63, 3.8) is 0 Å². The van der Waals surface area contributed by atoms with Gasteiger partial charge in [0.1, 0.15) is 0 Å². The number of carbonyl (C=O) groups is 2. The van der Waals surface area contributed by atoms with E-state index < -0.39 is 5.91 Å². The summed E-state index contributed by atoms with van der Waals surface area (Å²) < 4.78 is 0. The molecule has 0 bridgehead atoms. The minimum absolute atomic E-state index is 0.145. The first kappa shape index (κ1) is 17.0. The standard InChI is InChI=1S/C20H23N3O2/c1-13-8-14(2)10-17(9-13)16-6-7-23(12-16)20(25)22-18-5-3-4-15(11-18)19(21)24/h3-5,8-11,16H,6-7,12H2,1-2H3,(H2,21,24)(H,22,25). The van der Waals surface area contributed by atoms with Crippen LogP contribution in [-0.4, -0.2) is 29.9 Å². The first-order valence-corrected chi connectivity index (χ1v) is 8.46. The lowest BCUT2D eigenvalue weighted by molar-refractivity contribution is 0.1000. The van der Waals surface area contributed by atoms with E-state index in [1.165, 1.54) is 16.7 Å². The third-order valence-corrected chi connectivity index (χ3v) is 4.59. The minimum atomic E-state index is -0.507. The van der Waals surface area contributed by atoms with Crippen LogP contribution in [0.15, 0.2) is 42.5 Å². The fraction of sp³-hybridized carbons (Fsp3) is 0.300. The molecule has 1 unspecified atom stereocenters. The number of amides is 3. The highest BCUT2D eigenvalue weighted by molar-refractivity contribution is 5.95. The summed E-state index contributed by atoms with van der Waals surface area (Å²) in [6.45, 7) is 5.62. The number of likely N-dealkylation sites (tertiary alicyclic amines) is 1. The number of rotatable bonds is 3. The summed E-state index contributed by atoms with van der Waals surface area (Å²) in [5.74, 6) is -0.145. The van der Waals surface area contributed by atoms with Gasteiger partial charge in [0, 0.05) is 30.3 Å². The van der Waals surface area contributed by atoms with Gasteiger partial charge in [-0.3, -0.25) is 4.79 Å². The van der Waals surface area contributed by atoms with Gasteiger partial charge in [-0.05, 0) is 44.0 Å². The lowest BCUT2D eigenvalue weighted by Crippen LogP contribution is -2.32. The third kappa shape index (κ3) is 3.99.